The molecule has 0 N–H and O–H groups in total. The standard InChI is InChI=1S/C9H8N2O3S/c12-4-2-6-15-9-11-10-8(14-9)7-3-1-5-13-7/h1,3-5H,2,6H2. The summed E-state index contributed by atoms with van der Waals surface area (Å²) >= 11 is 1.35. The Bertz CT molecular complexity index is 424. The Labute approximate surface area is 89.9 Å². The molecule has 78 valence electrons. The van der Waals surface area contributed by atoms with Crippen molar-refractivity contribution in [3.63, 3.8) is 0 Å². The summed E-state index contributed by atoms with van der Waals surface area (Å²) in [5.41, 5.74) is 0. The first-order chi connectivity index (χ1) is 7.40. The molecule has 0 aromatic carbocycles. The molecule has 0 atom stereocenters. The number of hydrogen-bond acceptors (Lipinski definition) is 6. The fourth-order valence-corrected chi connectivity index (χ4v) is 1.59. The van der Waals surface area contributed by atoms with E-state index in [1.54, 1.807) is 18.4 Å². The van der Waals surface area contributed by atoms with E-state index >= 15 is 0 Å². The predicted molar refractivity (Wildman–Crippen MR) is 53.4 cm³/mol. The lowest BCUT2D eigenvalue weighted by atomic mass is 10.5. The number of nitrogens with zero attached hydrogens (tertiary/aromatic N) is 2. The molecule has 0 bridgehead atoms. The van der Waals surface area contributed by atoms with Crippen molar-refractivity contribution in [1.29, 1.82) is 0 Å². The molecule has 0 fully saturated rings. The second-order valence-corrected chi connectivity index (χ2v) is 3.70. The van der Waals surface area contributed by atoms with Crippen LogP contribution in [0.2, 0.25) is 0 Å². The second-order valence-electron chi connectivity index (χ2n) is 2.65. The molecule has 0 amide bonds. The fraction of sp³-hybridized carbons (Fsp3) is 0.222. The molecule has 0 radical (unpaired) electrons. The van der Waals surface area contributed by atoms with E-state index in [-0.39, 0.29) is 0 Å². The first-order valence-electron chi connectivity index (χ1n) is 4.34. The van der Waals surface area contributed by atoms with Gasteiger partial charge in [0.15, 0.2) is 5.76 Å². The third kappa shape index (κ3) is 2.47. The SMILES string of the molecule is O=CCCSc1nnc(-c2ccco2)o1. The highest BCUT2D eigenvalue weighted by molar-refractivity contribution is 7.99. The first kappa shape index (κ1) is 9.97. The summed E-state index contributed by atoms with van der Waals surface area (Å²) in [6.45, 7) is 0. The lowest BCUT2D eigenvalue weighted by molar-refractivity contribution is -0.107. The van der Waals surface area contributed by atoms with Crippen LogP contribution in [-0.4, -0.2) is 22.2 Å². The average Bonchev–Trinajstić information content (AvgIpc) is 2.87. The van der Waals surface area contributed by atoms with Gasteiger partial charge in [-0.25, -0.2) is 0 Å². The van der Waals surface area contributed by atoms with Crippen LogP contribution in [0.1, 0.15) is 6.42 Å². The minimum absolute atomic E-state index is 0.355. The summed E-state index contributed by atoms with van der Waals surface area (Å²) in [7, 11) is 0. The van der Waals surface area contributed by atoms with Gasteiger partial charge in [-0.2, -0.15) is 0 Å². The normalized spacial score (nSPS) is 10.4. The summed E-state index contributed by atoms with van der Waals surface area (Å²) in [6.07, 6.45) is 2.87. The van der Waals surface area contributed by atoms with Crippen molar-refractivity contribution in [1.82, 2.24) is 10.2 Å². The van der Waals surface area contributed by atoms with E-state index in [0.717, 1.165) is 6.29 Å². The summed E-state index contributed by atoms with van der Waals surface area (Å²) in [6, 6.07) is 3.49. The number of hydrogen-bond donors (Lipinski definition) is 0. The van der Waals surface area contributed by atoms with Crippen molar-refractivity contribution in [2.75, 3.05) is 5.75 Å². The van der Waals surface area contributed by atoms with Gasteiger partial charge in [-0.3, -0.25) is 0 Å². The van der Waals surface area contributed by atoms with Gasteiger partial charge >= 0.3 is 0 Å². The lowest BCUT2D eigenvalue weighted by Gasteiger charge is -1.88. The summed E-state index contributed by atoms with van der Waals surface area (Å²) in [5.74, 6) is 1.54. The monoisotopic (exact) mass is 224 g/mol. The summed E-state index contributed by atoms with van der Waals surface area (Å²) in [4.78, 5) is 10.1. The number of thioether (sulfide) groups is 1. The highest BCUT2D eigenvalue weighted by Gasteiger charge is 2.10. The molecular formula is C9H8N2O3S. The molecule has 0 aliphatic rings. The molecule has 0 saturated heterocycles. The number of furan rings is 1. The number of carbonyl (C=O) groups excluding carboxylic acids is 1. The van der Waals surface area contributed by atoms with Gasteiger partial charge in [-0.05, 0) is 12.1 Å². The highest BCUT2D eigenvalue weighted by atomic mass is 32.2. The van der Waals surface area contributed by atoms with Crippen molar-refractivity contribution in [3.05, 3.63) is 18.4 Å². The van der Waals surface area contributed by atoms with Gasteiger partial charge in [0.1, 0.15) is 6.29 Å². The van der Waals surface area contributed by atoms with E-state index < -0.39 is 0 Å². The van der Waals surface area contributed by atoms with E-state index in [2.05, 4.69) is 10.2 Å². The number of rotatable bonds is 5. The van der Waals surface area contributed by atoms with Crippen LogP contribution in [-0.2, 0) is 4.79 Å². The van der Waals surface area contributed by atoms with Crippen molar-refractivity contribution >= 4 is 18.0 Å². The number of aromatic nitrogens is 2. The number of aldehydes is 1. The van der Waals surface area contributed by atoms with Gasteiger partial charge in [-0.15, -0.1) is 10.2 Å². The zero-order valence-corrected chi connectivity index (χ0v) is 8.57. The minimum Gasteiger partial charge on any atom is -0.459 e. The van der Waals surface area contributed by atoms with Gasteiger partial charge in [0.25, 0.3) is 11.1 Å². The van der Waals surface area contributed by atoms with Crippen LogP contribution in [0.3, 0.4) is 0 Å². The maximum Gasteiger partial charge on any atom is 0.284 e. The van der Waals surface area contributed by atoms with E-state index in [9.17, 15) is 4.79 Å². The smallest absolute Gasteiger partial charge is 0.284 e. The molecule has 6 heteroatoms. The van der Waals surface area contributed by atoms with Crippen LogP contribution in [0.15, 0.2) is 32.5 Å². The zero-order valence-electron chi connectivity index (χ0n) is 7.75. The maximum absolute atomic E-state index is 10.1. The van der Waals surface area contributed by atoms with Crippen molar-refractivity contribution in [2.45, 2.75) is 11.6 Å². The van der Waals surface area contributed by atoms with E-state index in [1.807, 2.05) is 0 Å². The molecule has 2 aromatic heterocycles. The zero-order chi connectivity index (χ0) is 10.5. The summed E-state index contributed by atoms with van der Waals surface area (Å²) < 4.78 is 10.4. The molecule has 0 saturated carbocycles. The van der Waals surface area contributed by atoms with Gasteiger partial charge in [0.05, 0.1) is 6.26 Å². The summed E-state index contributed by atoms with van der Waals surface area (Å²) in [5, 5.41) is 8.08. The van der Waals surface area contributed by atoms with Crippen LogP contribution >= 0.6 is 11.8 Å². The van der Waals surface area contributed by atoms with Crippen molar-refractivity contribution in [2.24, 2.45) is 0 Å². The quantitative estimate of drug-likeness (QED) is 0.439. The van der Waals surface area contributed by atoms with Gasteiger partial charge in [-0.1, -0.05) is 11.8 Å². The minimum atomic E-state index is 0.355. The van der Waals surface area contributed by atoms with Crippen LogP contribution < -0.4 is 0 Å². The Morgan fingerprint density at radius 1 is 1.47 bits per heavy atom. The van der Waals surface area contributed by atoms with Gasteiger partial charge in [0.2, 0.25) is 0 Å². The fourth-order valence-electron chi connectivity index (χ4n) is 0.962. The Morgan fingerprint density at radius 2 is 2.40 bits per heavy atom. The van der Waals surface area contributed by atoms with Crippen molar-refractivity contribution < 1.29 is 13.6 Å². The molecule has 2 heterocycles. The second kappa shape index (κ2) is 4.79. The van der Waals surface area contributed by atoms with E-state index in [4.69, 9.17) is 8.83 Å². The molecule has 15 heavy (non-hydrogen) atoms. The Balaban J connectivity index is 2.01. The van der Waals surface area contributed by atoms with Crippen LogP contribution in [0.25, 0.3) is 11.7 Å². The molecule has 0 aliphatic carbocycles. The van der Waals surface area contributed by atoms with Crippen LogP contribution in [0.5, 0.6) is 0 Å². The highest BCUT2D eigenvalue weighted by Crippen LogP contribution is 2.23. The molecule has 0 aliphatic heterocycles. The van der Waals surface area contributed by atoms with Gasteiger partial charge in [0, 0.05) is 12.2 Å². The average molecular weight is 224 g/mol. The number of carbonyl (C=O) groups is 1. The molecule has 2 aromatic rings. The topological polar surface area (TPSA) is 69.1 Å². The Morgan fingerprint density at radius 3 is 3.13 bits per heavy atom. The van der Waals surface area contributed by atoms with Gasteiger partial charge < -0.3 is 13.6 Å². The molecule has 2 rings (SSSR count). The molecule has 5 nitrogen and oxygen atoms in total. The molecule has 0 spiro atoms. The third-order valence-corrected chi connectivity index (χ3v) is 2.45. The predicted octanol–water partition coefficient (Wildman–Crippen LogP) is 2.01. The molecular weight excluding hydrogens is 216 g/mol. The maximum atomic E-state index is 10.1. The van der Waals surface area contributed by atoms with Crippen LogP contribution in [0, 0.1) is 0 Å². The lowest BCUT2D eigenvalue weighted by Crippen LogP contribution is -1.80. The Kier molecular flexibility index (Phi) is 3.18. The largest absolute Gasteiger partial charge is 0.459 e. The third-order valence-electron chi connectivity index (χ3n) is 1.60. The molecule has 0 unspecified atom stereocenters. The van der Waals surface area contributed by atoms with E-state index in [0.29, 0.717) is 29.0 Å². The Hall–Kier alpha value is -1.56. The van der Waals surface area contributed by atoms with Crippen LogP contribution in [0.4, 0.5) is 0 Å². The van der Waals surface area contributed by atoms with Crippen molar-refractivity contribution in [3.8, 4) is 11.7 Å². The van der Waals surface area contributed by atoms with E-state index in [1.165, 1.54) is 11.8 Å². The first-order valence-corrected chi connectivity index (χ1v) is 5.32.